The van der Waals surface area contributed by atoms with Crippen molar-refractivity contribution < 1.29 is 77.8 Å². The van der Waals surface area contributed by atoms with E-state index < -0.39 is 139 Å². The number of azide groups is 1. The van der Waals surface area contributed by atoms with Gasteiger partial charge in [0.05, 0.1) is 75.3 Å². The zero-order chi connectivity index (χ0) is 58.4. The Morgan fingerprint density at radius 1 is 0.556 bits per heavy atom. The Kier molecular flexibility index (Phi) is 19.9. The molecule has 14 atom stereocenters. The molecule has 81 heavy (non-hydrogen) atoms. The third kappa shape index (κ3) is 14.9. The Labute approximate surface area is 470 Å². The van der Waals surface area contributed by atoms with E-state index in [-0.39, 0.29) is 39.0 Å². The Hall–Kier alpha value is -5.31. The van der Waals surface area contributed by atoms with Crippen molar-refractivity contribution in [1.29, 1.82) is 0 Å². The molecule has 2 aliphatic heterocycles. The van der Waals surface area contributed by atoms with Gasteiger partial charge in [-0.15, -0.1) is 0 Å². The SMILES string of the molecule is Cc1ccc(S(=O)(=O)NCC2CCC(NS(=O)(=O)c3ccc(C)cc3)[C@@H](OC3C(O)[C@@H](O[C@H]4OC(CO)[C@@H](O)[C@H](N=[N+]=[N-])C4OCc4ccccc4)[C@H](NS(=O)(=O)c4ccc(C)cc4)C(O)[C@@H]3NS(=O)(=O)c3ccc(C)cc3)O2)cc1. The Balaban J connectivity index is 1.24. The summed E-state index contributed by atoms with van der Waals surface area (Å²) in [6.45, 7) is 5.40. The maximum absolute atomic E-state index is 14.5. The van der Waals surface area contributed by atoms with E-state index in [1.165, 1.54) is 72.8 Å². The first-order valence-corrected chi connectivity index (χ1v) is 31.6. The molecule has 1 aliphatic carbocycles. The molecular formula is C53H65N7O17S4. The Morgan fingerprint density at radius 2 is 1.00 bits per heavy atom. The third-order valence-electron chi connectivity index (χ3n) is 14.2. The quantitative estimate of drug-likeness (QED) is 0.0280. The second kappa shape index (κ2) is 26.1. The van der Waals surface area contributed by atoms with Crippen LogP contribution in [-0.4, -0.2) is 153 Å². The highest BCUT2D eigenvalue weighted by molar-refractivity contribution is 7.90. The molecule has 2 heterocycles. The molecule has 5 aromatic rings. The molecule has 1 saturated carbocycles. The van der Waals surface area contributed by atoms with E-state index >= 15 is 0 Å². The van der Waals surface area contributed by atoms with E-state index in [9.17, 15) is 59.6 Å². The predicted octanol–water partition coefficient (Wildman–Crippen LogP) is 2.59. The van der Waals surface area contributed by atoms with Crippen molar-refractivity contribution in [2.24, 2.45) is 5.11 Å². The number of ether oxygens (including phenoxy) is 5. The highest BCUT2D eigenvalue weighted by Crippen LogP contribution is 2.36. The van der Waals surface area contributed by atoms with E-state index in [1.807, 2.05) is 0 Å². The second-order valence-electron chi connectivity index (χ2n) is 20.2. The van der Waals surface area contributed by atoms with Crippen molar-refractivity contribution in [3.63, 3.8) is 0 Å². The molecule has 7 unspecified atom stereocenters. The van der Waals surface area contributed by atoms with Crippen LogP contribution in [0.25, 0.3) is 10.4 Å². The minimum atomic E-state index is -4.79. The fourth-order valence-electron chi connectivity index (χ4n) is 9.60. The van der Waals surface area contributed by atoms with Crippen LogP contribution in [0.3, 0.4) is 0 Å². The second-order valence-corrected chi connectivity index (χ2v) is 27.1. The average Bonchev–Trinajstić information content (AvgIpc) is 3.62. The van der Waals surface area contributed by atoms with Crippen LogP contribution in [0.2, 0.25) is 0 Å². The van der Waals surface area contributed by atoms with Crippen LogP contribution in [0.4, 0.5) is 0 Å². The van der Waals surface area contributed by atoms with Crippen LogP contribution in [0.1, 0.15) is 40.7 Å². The first kappa shape index (κ1) is 61.8. The molecule has 8 N–H and O–H groups in total. The smallest absolute Gasteiger partial charge is 0.240 e. The van der Waals surface area contributed by atoms with E-state index in [0.29, 0.717) is 16.7 Å². The van der Waals surface area contributed by atoms with Gasteiger partial charge in [-0.1, -0.05) is 106 Å². The molecule has 3 aliphatic rings. The van der Waals surface area contributed by atoms with Gasteiger partial charge in [0.25, 0.3) is 0 Å². The van der Waals surface area contributed by atoms with E-state index in [4.69, 9.17) is 23.7 Å². The first-order chi connectivity index (χ1) is 38.4. The van der Waals surface area contributed by atoms with Gasteiger partial charge in [-0.25, -0.2) is 52.6 Å². The van der Waals surface area contributed by atoms with Crippen molar-refractivity contribution in [3.8, 4) is 0 Å². The topological polar surface area (TPSA) is 361 Å². The summed E-state index contributed by atoms with van der Waals surface area (Å²) < 4.78 is 155. The Bertz CT molecular complexity index is 3440. The van der Waals surface area contributed by atoms with Gasteiger partial charge in [-0.05, 0) is 100 Å². The summed E-state index contributed by atoms with van der Waals surface area (Å²) in [7, 11) is -18.2. The fourth-order valence-corrected chi connectivity index (χ4v) is 14.5. The number of aliphatic hydroxyl groups excluding tert-OH is 4. The lowest BCUT2D eigenvalue weighted by Crippen LogP contribution is -2.74. The van der Waals surface area contributed by atoms with Gasteiger partial charge in [0, 0.05) is 11.5 Å². The molecule has 438 valence electrons. The molecule has 8 rings (SSSR count). The molecule has 0 radical (unpaired) electrons. The van der Waals surface area contributed by atoms with Crippen LogP contribution in [-0.2, 0) is 70.4 Å². The van der Waals surface area contributed by atoms with Gasteiger partial charge in [0.2, 0.25) is 40.1 Å². The standard InChI is InChI=1S/C53H65N7O17S4/c1-31-10-19-37(20-11-31)78(65,66)55-28-36-18-27-41(57-79(67,68)38-21-12-32(2)13-22-38)52(74-36)76-49-44(58-80(69,70)39-23-14-33(3)15-24-39)47(63)45(59-81(71,72)40-25-16-34(4)17-26-40)50(48(49)64)77-53-51(73-30-35-8-6-5-7-9-35)43(56-60-54)46(62)42(29-61)75-53/h5-17,19-26,36,41-53,55,57-59,61-64H,18,27-30H2,1-4H3/t36?,41?,42?,43-,44-,45+,46+,47?,48?,49?,50-,51?,52+,53+/m0/s1. The number of hydrogen-bond acceptors (Lipinski definition) is 18. The van der Waals surface area contributed by atoms with E-state index in [1.54, 1.807) is 82.3 Å². The zero-order valence-corrected chi connectivity index (χ0v) is 47.6. The summed E-state index contributed by atoms with van der Waals surface area (Å²) in [4.78, 5) is 1.97. The molecule has 0 aromatic heterocycles. The van der Waals surface area contributed by atoms with Crippen LogP contribution >= 0.6 is 0 Å². The summed E-state index contributed by atoms with van der Waals surface area (Å²) >= 11 is 0. The largest absolute Gasteiger partial charge is 0.394 e. The first-order valence-electron chi connectivity index (χ1n) is 25.7. The predicted molar refractivity (Wildman–Crippen MR) is 292 cm³/mol. The van der Waals surface area contributed by atoms with Crippen molar-refractivity contribution in [2.45, 2.75) is 152 Å². The van der Waals surface area contributed by atoms with Crippen LogP contribution in [0, 0.1) is 27.7 Å². The van der Waals surface area contributed by atoms with Crippen LogP contribution in [0.5, 0.6) is 0 Å². The molecule has 3 fully saturated rings. The van der Waals surface area contributed by atoms with Crippen molar-refractivity contribution in [3.05, 3.63) is 166 Å². The third-order valence-corrected chi connectivity index (χ3v) is 20.1. The average molecular weight is 1200 g/mol. The molecule has 2 saturated heterocycles. The number of benzene rings is 5. The van der Waals surface area contributed by atoms with Gasteiger partial charge in [0.15, 0.2) is 12.6 Å². The number of nitrogens with one attached hydrogen (secondary N) is 4. The molecular weight excluding hydrogens is 1130 g/mol. The number of nitrogens with zero attached hydrogens (tertiary/aromatic N) is 3. The number of sulfonamides is 4. The number of hydrogen-bond donors (Lipinski definition) is 8. The fraction of sp³-hybridized carbons (Fsp3) is 0.434. The van der Waals surface area contributed by atoms with Crippen LogP contribution < -0.4 is 18.9 Å². The highest BCUT2D eigenvalue weighted by Gasteiger charge is 2.57. The van der Waals surface area contributed by atoms with Crippen molar-refractivity contribution in [1.82, 2.24) is 18.9 Å². The zero-order valence-electron chi connectivity index (χ0n) is 44.3. The minimum absolute atomic E-state index is 0.00109. The summed E-state index contributed by atoms with van der Waals surface area (Å²) in [6, 6.07) is 24.2. The number of rotatable bonds is 22. The minimum Gasteiger partial charge on any atom is -0.394 e. The molecule has 28 heteroatoms. The van der Waals surface area contributed by atoms with Crippen molar-refractivity contribution >= 4 is 40.1 Å². The summed E-state index contributed by atoms with van der Waals surface area (Å²) in [5.74, 6) is 0. The normalized spacial score (nSPS) is 28.4. The highest BCUT2D eigenvalue weighted by atomic mass is 32.2. The number of aryl methyl sites for hydroxylation is 4. The summed E-state index contributed by atoms with van der Waals surface area (Å²) in [5.41, 5.74) is 13.2. The van der Waals surface area contributed by atoms with Crippen molar-refractivity contribution in [2.75, 3.05) is 13.2 Å². The van der Waals surface area contributed by atoms with Gasteiger partial charge in [-0.2, -0.15) is 0 Å². The van der Waals surface area contributed by atoms with E-state index in [2.05, 4.69) is 28.9 Å². The maximum Gasteiger partial charge on any atom is 0.240 e. The molecule has 0 spiro atoms. The molecule has 5 aromatic carbocycles. The summed E-state index contributed by atoms with van der Waals surface area (Å²) in [5, 5.41) is 51.5. The number of aliphatic hydroxyl groups is 4. The molecule has 0 bridgehead atoms. The van der Waals surface area contributed by atoms with E-state index in [0.717, 1.165) is 11.1 Å². The van der Waals surface area contributed by atoms with Gasteiger partial charge >= 0.3 is 0 Å². The molecule has 24 nitrogen and oxygen atoms in total. The lowest BCUT2D eigenvalue weighted by atomic mass is 9.81. The lowest BCUT2D eigenvalue weighted by Gasteiger charge is -2.51. The van der Waals surface area contributed by atoms with Crippen LogP contribution in [0.15, 0.2) is 152 Å². The Morgan fingerprint density at radius 3 is 1.46 bits per heavy atom. The van der Waals surface area contributed by atoms with Gasteiger partial charge < -0.3 is 44.1 Å². The van der Waals surface area contributed by atoms with Gasteiger partial charge in [-0.3, -0.25) is 0 Å². The monoisotopic (exact) mass is 1200 g/mol. The summed E-state index contributed by atoms with van der Waals surface area (Å²) in [6.07, 6.45) is -18.9. The lowest BCUT2D eigenvalue weighted by molar-refractivity contribution is -0.325. The molecule has 0 amide bonds. The maximum atomic E-state index is 14.5. The van der Waals surface area contributed by atoms with Gasteiger partial charge in [0.1, 0.15) is 30.5 Å².